The summed E-state index contributed by atoms with van der Waals surface area (Å²) in [6.45, 7) is 4.62. The standard InChI is InChI=1S/C30H30F6N2O4/c1-28(2,3)38(27(40)41)25-11-9-21(10-12-25)26(39)37-16-22(20-7-5-4-6-8-20)18-42-17-19-13-23(29(31,32)33)15-24(14-19)30(34,35)36/h4-15,22H,16-18H2,1-3H3,(H,37,39)(H,40,41). The van der Waals surface area contributed by atoms with Crippen molar-refractivity contribution in [2.75, 3.05) is 18.1 Å². The van der Waals surface area contributed by atoms with Crippen LogP contribution in [0.3, 0.4) is 0 Å². The topological polar surface area (TPSA) is 78.9 Å². The molecule has 2 amide bonds. The van der Waals surface area contributed by atoms with Crippen molar-refractivity contribution in [2.24, 2.45) is 0 Å². The molecule has 1 unspecified atom stereocenters. The van der Waals surface area contributed by atoms with Crippen molar-refractivity contribution in [1.29, 1.82) is 0 Å². The molecule has 0 radical (unpaired) electrons. The van der Waals surface area contributed by atoms with Gasteiger partial charge in [0, 0.05) is 29.3 Å². The van der Waals surface area contributed by atoms with Gasteiger partial charge in [0.25, 0.3) is 5.91 Å². The molecule has 0 fully saturated rings. The van der Waals surface area contributed by atoms with E-state index >= 15 is 0 Å². The highest BCUT2D eigenvalue weighted by molar-refractivity contribution is 5.95. The van der Waals surface area contributed by atoms with Gasteiger partial charge in [-0.25, -0.2) is 4.79 Å². The first-order valence-electron chi connectivity index (χ1n) is 12.8. The normalized spacial score (nSPS) is 13.0. The van der Waals surface area contributed by atoms with E-state index in [9.17, 15) is 41.0 Å². The molecule has 0 saturated heterocycles. The van der Waals surface area contributed by atoms with Crippen LogP contribution in [-0.4, -0.2) is 35.8 Å². The Bertz CT molecular complexity index is 1340. The Balaban J connectivity index is 1.72. The van der Waals surface area contributed by atoms with Crippen molar-refractivity contribution in [3.05, 3.63) is 101 Å². The lowest BCUT2D eigenvalue weighted by Gasteiger charge is -2.33. The van der Waals surface area contributed by atoms with E-state index in [0.717, 1.165) is 5.56 Å². The Labute approximate surface area is 238 Å². The molecular weight excluding hydrogens is 566 g/mol. The molecule has 0 aliphatic rings. The van der Waals surface area contributed by atoms with Gasteiger partial charge in [0.1, 0.15) is 0 Å². The molecule has 226 valence electrons. The van der Waals surface area contributed by atoms with Crippen LogP contribution in [0.5, 0.6) is 0 Å². The molecule has 0 saturated carbocycles. The average molecular weight is 597 g/mol. The van der Waals surface area contributed by atoms with Crippen LogP contribution < -0.4 is 10.2 Å². The largest absolute Gasteiger partial charge is 0.465 e. The van der Waals surface area contributed by atoms with Gasteiger partial charge in [0.05, 0.1) is 24.3 Å². The third-order valence-electron chi connectivity index (χ3n) is 6.27. The smallest absolute Gasteiger partial charge is 0.416 e. The summed E-state index contributed by atoms with van der Waals surface area (Å²) in [7, 11) is 0. The Morgan fingerprint density at radius 1 is 0.857 bits per heavy atom. The van der Waals surface area contributed by atoms with Crippen LogP contribution >= 0.6 is 0 Å². The fourth-order valence-corrected chi connectivity index (χ4v) is 4.28. The average Bonchev–Trinajstić information content (AvgIpc) is 2.89. The van der Waals surface area contributed by atoms with Crippen molar-refractivity contribution in [1.82, 2.24) is 5.32 Å². The summed E-state index contributed by atoms with van der Waals surface area (Å²) in [4.78, 5) is 25.7. The second-order valence-electron chi connectivity index (χ2n) is 10.6. The van der Waals surface area contributed by atoms with Crippen LogP contribution in [0.1, 0.15) is 59.3 Å². The number of amides is 2. The van der Waals surface area contributed by atoms with E-state index in [1.807, 2.05) is 0 Å². The maximum atomic E-state index is 13.2. The second kappa shape index (κ2) is 12.8. The summed E-state index contributed by atoms with van der Waals surface area (Å²) in [5, 5.41) is 12.3. The van der Waals surface area contributed by atoms with Gasteiger partial charge in [-0.1, -0.05) is 30.3 Å². The van der Waals surface area contributed by atoms with Gasteiger partial charge in [-0.15, -0.1) is 0 Å². The van der Waals surface area contributed by atoms with E-state index in [2.05, 4.69) is 5.32 Å². The number of nitrogens with zero attached hydrogens (tertiary/aromatic N) is 1. The molecule has 12 heteroatoms. The van der Waals surface area contributed by atoms with Crippen LogP contribution in [0.15, 0.2) is 72.8 Å². The van der Waals surface area contributed by atoms with Crippen LogP contribution in [0.2, 0.25) is 0 Å². The van der Waals surface area contributed by atoms with Gasteiger partial charge < -0.3 is 15.2 Å². The maximum absolute atomic E-state index is 13.2. The summed E-state index contributed by atoms with van der Waals surface area (Å²) < 4.78 is 84.7. The van der Waals surface area contributed by atoms with E-state index in [4.69, 9.17) is 4.74 Å². The van der Waals surface area contributed by atoms with Crippen molar-refractivity contribution in [3.63, 3.8) is 0 Å². The number of nitrogens with one attached hydrogen (secondary N) is 1. The molecule has 0 aromatic heterocycles. The minimum atomic E-state index is -4.97. The van der Waals surface area contributed by atoms with E-state index in [-0.39, 0.29) is 30.3 Å². The zero-order valence-corrected chi connectivity index (χ0v) is 23.0. The third kappa shape index (κ3) is 8.72. The number of alkyl halides is 6. The van der Waals surface area contributed by atoms with Crippen molar-refractivity contribution >= 4 is 17.7 Å². The van der Waals surface area contributed by atoms with Crippen LogP contribution in [-0.2, 0) is 23.7 Å². The van der Waals surface area contributed by atoms with Gasteiger partial charge in [-0.05, 0) is 74.4 Å². The van der Waals surface area contributed by atoms with Crippen molar-refractivity contribution in [2.45, 2.75) is 51.2 Å². The van der Waals surface area contributed by atoms with E-state index in [0.29, 0.717) is 17.8 Å². The van der Waals surface area contributed by atoms with Gasteiger partial charge in [0.15, 0.2) is 0 Å². The lowest BCUT2D eigenvalue weighted by molar-refractivity contribution is -0.143. The zero-order valence-electron chi connectivity index (χ0n) is 23.0. The molecule has 0 spiro atoms. The molecule has 3 rings (SSSR count). The minimum absolute atomic E-state index is 0.0459. The first-order chi connectivity index (χ1) is 19.5. The Kier molecular flexibility index (Phi) is 9.93. The lowest BCUT2D eigenvalue weighted by atomic mass is 9.99. The summed E-state index contributed by atoms with van der Waals surface area (Å²) in [5.74, 6) is -0.946. The Morgan fingerprint density at radius 2 is 1.40 bits per heavy atom. The number of rotatable bonds is 9. The van der Waals surface area contributed by atoms with Crippen LogP contribution in [0.25, 0.3) is 0 Å². The predicted molar refractivity (Wildman–Crippen MR) is 144 cm³/mol. The molecule has 0 heterocycles. The zero-order chi connectivity index (χ0) is 31.3. The maximum Gasteiger partial charge on any atom is 0.416 e. The number of carbonyl (C=O) groups excluding carboxylic acids is 1. The van der Waals surface area contributed by atoms with E-state index in [1.54, 1.807) is 51.1 Å². The van der Waals surface area contributed by atoms with Crippen molar-refractivity contribution < 1.29 is 45.8 Å². The van der Waals surface area contributed by atoms with Crippen molar-refractivity contribution in [3.8, 4) is 0 Å². The first-order valence-corrected chi connectivity index (χ1v) is 12.8. The quantitative estimate of drug-likeness (QED) is 0.248. The third-order valence-corrected chi connectivity index (χ3v) is 6.27. The number of anilines is 1. The number of benzene rings is 3. The molecule has 0 aliphatic heterocycles. The highest BCUT2D eigenvalue weighted by atomic mass is 19.4. The monoisotopic (exact) mass is 596 g/mol. The molecule has 3 aromatic rings. The summed E-state index contributed by atoms with van der Waals surface area (Å²) >= 11 is 0. The highest BCUT2D eigenvalue weighted by Crippen LogP contribution is 2.36. The number of carbonyl (C=O) groups is 2. The molecule has 6 nitrogen and oxygen atoms in total. The molecule has 0 bridgehead atoms. The number of hydrogen-bond donors (Lipinski definition) is 2. The number of hydrogen-bond acceptors (Lipinski definition) is 3. The Morgan fingerprint density at radius 3 is 1.88 bits per heavy atom. The molecule has 3 aromatic carbocycles. The molecule has 42 heavy (non-hydrogen) atoms. The lowest BCUT2D eigenvalue weighted by Crippen LogP contribution is -2.45. The van der Waals surface area contributed by atoms with Crippen LogP contribution in [0, 0.1) is 0 Å². The highest BCUT2D eigenvalue weighted by Gasteiger charge is 2.37. The number of carboxylic acid groups (broad SMARTS) is 1. The van der Waals surface area contributed by atoms with Crippen LogP contribution in [0.4, 0.5) is 36.8 Å². The van der Waals surface area contributed by atoms with E-state index in [1.165, 1.54) is 29.2 Å². The first kappa shape index (κ1) is 32.5. The second-order valence-corrected chi connectivity index (χ2v) is 10.6. The fraction of sp³-hybridized carbons (Fsp3) is 0.333. The Hall–Kier alpha value is -4.06. The fourth-order valence-electron chi connectivity index (χ4n) is 4.28. The van der Waals surface area contributed by atoms with Gasteiger partial charge >= 0.3 is 18.4 Å². The predicted octanol–water partition coefficient (Wildman–Crippen LogP) is 7.74. The SMILES string of the molecule is CC(C)(C)N(C(=O)O)c1ccc(C(=O)NCC(COCc2cc(C(F)(F)F)cc(C(F)(F)F)c2)c2ccccc2)cc1. The number of ether oxygens (including phenoxy) is 1. The minimum Gasteiger partial charge on any atom is -0.465 e. The van der Waals surface area contributed by atoms with E-state index < -0.39 is 53.5 Å². The summed E-state index contributed by atoms with van der Waals surface area (Å²) in [5.41, 5.74) is -2.50. The van der Waals surface area contributed by atoms with Gasteiger partial charge in [-0.3, -0.25) is 9.69 Å². The molecular formula is C30H30F6N2O4. The molecule has 1 atom stereocenters. The molecule has 2 N–H and O–H groups in total. The van der Waals surface area contributed by atoms with Gasteiger partial charge in [-0.2, -0.15) is 26.3 Å². The number of halogens is 6. The van der Waals surface area contributed by atoms with Gasteiger partial charge in [0.2, 0.25) is 0 Å². The molecule has 0 aliphatic carbocycles. The summed E-state index contributed by atoms with van der Waals surface area (Å²) in [6, 6.07) is 16.0. The summed E-state index contributed by atoms with van der Waals surface area (Å²) in [6.07, 6.45) is -11.1.